The lowest BCUT2D eigenvalue weighted by atomic mass is 9.98. The van der Waals surface area contributed by atoms with E-state index >= 15 is 0 Å². The number of hydrogen-bond acceptors (Lipinski definition) is 3. The van der Waals surface area contributed by atoms with Crippen molar-refractivity contribution in [2.45, 2.75) is 12.5 Å². The van der Waals surface area contributed by atoms with Crippen LogP contribution in [-0.2, 0) is 0 Å². The Hall–Kier alpha value is -3.76. The van der Waals surface area contributed by atoms with Crippen LogP contribution in [0.1, 0.15) is 39.5 Å². The second kappa shape index (κ2) is 10.0. The molecule has 0 bridgehead atoms. The monoisotopic (exact) mass is 506 g/mol. The molecule has 3 nitrogen and oxygen atoms in total. The molecule has 0 saturated heterocycles. The Kier molecular flexibility index (Phi) is 6.50. The van der Waals surface area contributed by atoms with Crippen LogP contribution in [0.4, 0.5) is 5.69 Å². The van der Waals surface area contributed by atoms with Crippen LogP contribution < -0.4 is 5.01 Å². The third-order valence-corrected chi connectivity index (χ3v) is 6.44. The van der Waals surface area contributed by atoms with Gasteiger partial charge in [-0.3, -0.25) is 9.80 Å². The number of carbonyl (C=O) groups is 1. The van der Waals surface area contributed by atoms with Gasteiger partial charge >= 0.3 is 0 Å². The van der Waals surface area contributed by atoms with Gasteiger partial charge in [0.15, 0.2) is 5.78 Å². The van der Waals surface area contributed by atoms with Gasteiger partial charge in [0.05, 0.1) is 17.4 Å². The van der Waals surface area contributed by atoms with Crippen LogP contribution in [-0.4, -0.2) is 11.5 Å². The van der Waals surface area contributed by atoms with Crippen LogP contribution in [0, 0.1) is 0 Å². The van der Waals surface area contributed by atoms with E-state index < -0.39 is 0 Å². The zero-order chi connectivity index (χ0) is 23.3. The molecule has 4 aromatic rings. The molecule has 166 valence electrons. The summed E-state index contributed by atoms with van der Waals surface area (Å²) >= 11 is 3.40. The summed E-state index contributed by atoms with van der Waals surface area (Å²) in [5.74, 6) is -0.0163. The molecule has 1 heterocycles. The highest BCUT2D eigenvalue weighted by Gasteiger charge is 2.29. The predicted molar refractivity (Wildman–Crippen MR) is 143 cm³/mol. The Labute approximate surface area is 208 Å². The molecule has 0 radical (unpaired) electrons. The van der Waals surface area contributed by atoms with Crippen molar-refractivity contribution in [2.75, 3.05) is 5.01 Å². The van der Waals surface area contributed by atoms with Crippen molar-refractivity contribution in [3.8, 4) is 0 Å². The van der Waals surface area contributed by atoms with Gasteiger partial charge < -0.3 is 0 Å². The number of anilines is 1. The van der Waals surface area contributed by atoms with Crippen LogP contribution in [0.5, 0.6) is 0 Å². The highest BCUT2D eigenvalue weighted by atomic mass is 79.9. The summed E-state index contributed by atoms with van der Waals surface area (Å²) in [6.45, 7) is 0. The number of hydrazone groups is 1. The smallest absolute Gasteiger partial charge is 0.185 e. The van der Waals surface area contributed by atoms with E-state index in [9.17, 15) is 4.79 Å². The van der Waals surface area contributed by atoms with E-state index in [4.69, 9.17) is 5.10 Å². The number of benzene rings is 4. The molecule has 0 aliphatic carbocycles. The minimum atomic E-state index is -0.0163. The second-order valence-electron chi connectivity index (χ2n) is 8.18. The first kappa shape index (κ1) is 22.1. The van der Waals surface area contributed by atoms with E-state index in [-0.39, 0.29) is 11.8 Å². The molecule has 1 atom stereocenters. The van der Waals surface area contributed by atoms with Crippen molar-refractivity contribution in [1.82, 2.24) is 0 Å². The predicted octanol–water partition coefficient (Wildman–Crippen LogP) is 7.70. The average molecular weight is 507 g/mol. The summed E-state index contributed by atoms with van der Waals surface area (Å²) in [6.07, 6.45) is 4.31. The maximum absolute atomic E-state index is 12.4. The van der Waals surface area contributed by atoms with Crippen molar-refractivity contribution in [3.63, 3.8) is 0 Å². The molecule has 0 spiro atoms. The Balaban J connectivity index is 1.39. The van der Waals surface area contributed by atoms with Gasteiger partial charge in [-0.1, -0.05) is 94.8 Å². The van der Waals surface area contributed by atoms with Crippen LogP contribution in [0.25, 0.3) is 6.08 Å². The number of halogens is 1. The highest BCUT2D eigenvalue weighted by Crippen LogP contribution is 2.36. The van der Waals surface area contributed by atoms with Crippen molar-refractivity contribution >= 4 is 39.2 Å². The quantitative estimate of drug-likeness (QED) is 0.198. The Morgan fingerprint density at radius 1 is 0.824 bits per heavy atom. The molecular weight excluding hydrogens is 484 g/mol. The summed E-state index contributed by atoms with van der Waals surface area (Å²) in [5.41, 5.74) is 6.13. The Morgan fingerprint density at radius 2 is 1.47 bits per heavy atom. The molecule has 4 aromatic carbocycles. The standard InChI is InChI=1S/C30H23BrN2O/c31-26-16-14-25(15-17-26)30(34)20-13-22-11-18-27(19-12-22)33-29(24-9-5-2-6-10-24)21-28(32-33)23-7-3-1-4-8-23/h1-20,29H,21H2/b20-13+. The highest BCUT2D eigenvalue weighted by molar-refractivity contribution is 9.10. The molecule has 1 aliphatic rings. The fourth-order valence-corrected chi connectivity index (χ4v) is 4.37. The van der Waals surface area contributed by atoms with Crippen LogP contribution >= 0.6 is 15.9 Å². The first-order chi connectivity index (χ1) is 16.7. The van der Waals surface area contributed by atoms with Crippen molar-refractivity contribution in [2.24, 2.45) is 5.10 Å². The Morgan fingerprint density at radius 3 is 2.15 bits per heavy atom. The molecule has 1 aliphatic heterocycles. The van der Waals surface area contributed by atoms with E-state index in [0.29, 0.717) is 5.56 Å². The summed E-state index contributed by atoms with van der Waals surface area (Å²) in [7, 11) is 0. The molecular formula is C30H23BrN2O. The molecule has 34 heavy (non-hydrogen) atoms. The molecule has 0 fully saturated rings. The van der Waals surface area contributed by atoms with E-state index in [1.165, 1.54) is 5.56 Å². The molecule has 0 saturated carbocycles. The van der Waals surface area contributed by atoms with Gasteiger partial charge in [-0.15, -0.1) is 0 Å². The molecule has 0 N–H and O–H groups in total. The summed E-state index contributed by atoms with van der Waals surface area (Å²) in [6, 6.07) is 36.6. The normalized spacial score (nSPS) is 15.5. The topological polar surface area (TPSA) is 32.7 Å². The molecule has 0 aromatic heterocycles. The van der Waals surface area contributed by atoms with E-state index in [1.807, 2.05) is 54.6 Å². The van der Waals surface area contributed by atoms with Crippen LogP contribution in [0.3, 0.4) is 0 Å². The number of rotatable bonds is 6. The minimum Gasteiger partial charge on any atom is -0.289 e. The summed E-state index contributed by atoms with van der Waals surface area (Å²) < 4.78 is 0.956. The van der Waals surface area contributed by atoms with E-state index in [0.717, 1.165) is 33.4 Å². The maximum Gasteiger partial charge on any atom is 0.185 e. The van der Waals surface area contributed by atoms with Gasteiger partial charge in [0.25, 0.3) is 0 Å². The molecule has 5 rings (SSSR count). The number of hydrogen-bond donors (Lipinski definition) is 0. The zero-order valence-corrected chi connectivity index (χ0v) is 20.1. The molecule has 1 unspecified atom stereocenters. The largest absolute Gasteiger partial charge is 0.289 e. The minimum absolute atomic E-state index is 0.0163. The third kappa shape index (κ3) is 4.92. The Bertz CT molecular complexity index is 1330. The summed E-state index contributed by atoms with van der Waals surface area (Å²) in [5, 5.41) is 7.12. The van der Waals surface area contributed by atoms with Crippen molar-refractivity contribution in [1.29, 1.82) is 0 Å². The van der Waals surface area contributed by atoms with Crippen molar-refractivity contribution < 1.29 is 4.79 Å². The zero-order valence-electron chi connectivity index (χ0n) is 18.5. The lowest BCUT2D eigenvalue weighted by Crippen LogP contribution is -2.18. The molecule has 0 amide bonds. The number of carbonyl (C=O) groups excluding carboxylic acids is 1. The third-order valence-electron chi connectivity index (χ3n) is 5.92. The van der Waals surface area contributed by atoms with Crippen LogP contribution in [0.2, 0.25) is 0 Å². The average Bonchev–Trinajstić information content (AvgIpc) is 3.35. The first-order valence-corrected chi connectivity index (χ1v) is 12.0. The fraction of sp³-hybridized carbons (Fsp3) is 0.0667. The van der Waals surface area contributed by atoms with Crippen LogP contribution in [0.15, 0.2) is 125 Å². The number of nitrogens with zero attached hydrogens (tertiary/aromatic N) is 2. The van der Waals surface area contributed by atoms with Gasteiger partial charge in [0, 0.05) is 16.5 Å². The maximum atomic E-state index is 12.4. The second-order valence-corrected chi connectivity index (χ2v) is 9.10. The van der Waals surface area contributed by atoms with E-state index in [1.54, 1.807) is 6.08 Å². The van der Waals surface area contributed by atoms with Gasteiger partial charge in [0.1, 0.15) is 0 Å². The van der Waals surface area contributed by atoms with Gasteiger partial charge in [0.2, 0.25) is 0 Å². The lowest BCUT2D eigenvalue weighted by molar-refractivity contribution is 0.104. The SMILES string of the molecule is O=C(/C=C/c1ccc(N2N=C(c3ccccc3)CC2c2ccccc2)cc1)c1ccc(Br)cc1. The lowest BCUT2D eigenvalue weighted by Gasteiger charge is -2.24. The molecule has 4 heteroatoms. The fourth-order valence-electron chi connectivity index (χ4n) is 4.11. The number of ketones is 1. The first-order valence-electron chi connectivity index (χ1n) is 11.2. The number of allylic oxidation sites excluding steroid dienone is 1. The van der Waals surface area contributed by atoms with Gasteiger partial charge in [-0.25, -0.2) is 0 Å². The summed E-state index contributed by atoms with van der Waals surface area (Å²) in [4.78, 5) is 12.4. The van der Waals surface area contributed by atoms with Gasteiger partial charge in [-0.2, -0.15) is 5.10 Å². The van der Waals surface area contributed by atoms with E-state index in [2.05, 4.69) is 81.6 Å². The van der Waals surface area contributed by atoms with Gasteiger partial charge in [-0.05, 0) is 59.2 Å². The van der Waals surface area contributed by atoms with Crippen molar-refractivity contribution in [3.05, 3.63) is 142 Å².